The summed E-state index contributed by atoms with van der Waals surface area (Å²) in [6.45, 7) is 4.53. The Hall–Kier alpha value is -2.37. The Labute approximate surface area is 168 Å². The van der Waals surface area contributed by atoms with E-state index in [1.54, 1.807) is 35.1 Å². The van der Waals surface area contributed by atoms with Crippen LogP contribution in [-0.2, 0) is 6.54 Å². The Morgan fingerprint density at radius 1 is 1.11 bits per heavy atom. The van der Waals surface area contributed by atoms with Crippen molar-refractivity contribution in [3.05, 3.63) is 75.8 Å². The van der Waals surface area contributed by atoms with Crippen molar-refractivity contribution < 1.29 is 4.79 Å². The molecule has 0 aliphatic heterocycles. The number of carbonyl (C=O) groups excluding carboxylic acids is 1. The van der Waals surface area contributed by atoms with Gasteiger partial charge in [-0.05, 0) is 41.8 Å². The van der Waals surface area contributed by atoms with Gasteiger partial charge in [0.05, 0.1) is 23.1 Å². The minimum atomic E-state index is -0.0890. The molecule has 0 aliphatic rings. The van der Waals surface area contributed by atoms with E-state index in [4.69, 9.17) is 23.2 Å². The summed E-state index contributed by atoms with van der Waals surface area (Å²) in [6, 6.07) is 11.0. The maximum absolute atomic E-state index is 13.0. The van der Waals surface area contributed by atoms with Crippen LogP contribution in [0.15, 0.2) is 48.8 Å². The third-order valence-corrected chi connectivity index (χ3v) is 4.69. The molecule has 3 rings (SSSR count). The van der Waals surface area contributed by atoms with Crippen LogP contribution in [0.3, 0.4) is 0 Å². The number of hydrogen-bond donors (Lipinski definition) is 0. The van der Waals surface area contributed by atoms with E-state index < -0.39 is 0 Å². The van der Waals surface area contributed by atoms with Gasteiger partial charge in [0, 0.05) is 24.8 Å². The van der Waals surface area contributed by atoms with E-state index in [0.29, 0.717) is 22.3 Å². The normalized spacial score (nSPS) is 11.0. The molecule has 0 saturated heterocycles. The summed E-state index contributed by atoms with van der Waals surface area (Å²) in [5.74, 6) is 0.0293. The zero-order valence-corrected chi connectivity index (χ0v) is 16.9. The van der Waals surface area contributed by atoms with Gasteiger partial charge in [-0.15, -0.1) is 0 Å². The summed E-state index contributed by atoms with van der Waals surface area (Å²) in [5, 5.41) is 5.54. The van der Waals surface area contributed by atoms with Gasteiger partial charge in [0.2, 0.25) is 0 Å². The van der Waals surface area contributed by atoms with Crippen LogP contribution in [0.1, 0.15) is 41.4 Å². The number of halogens is 2. The maximum Gasteiger partial charge on any atom is 0.257 e. The molecule has 0 spiro atoms. The molecule has 7 heteroatoms. The minimum Gasteiger partial charge on any atom is -0.337 e. The lowest BCUT2D eigenvalue weighted by atomic mass is 10.0. The quantitative estimate of drug-likeness (QED) is 0.566. The first-order valence-electron chi connectivity index (χ1n) is 8.56. The van der Waals surface area contributed by atoms with Crippen LogP contribution in [0.5, 0.6) is 0 Å². The van der Waals surface area contributed by atoms with Crippen molar-refractivity contribution in [3.63, 3.8) is 0 Å². The maximum atomic E-state index is 13.0. The van der Waals surface area contributed by atoms with Gasteiger partial charge in [-0.3, -0.25) is 4.79 Å². The number of aromatic nitrogens is 3. The van der Waals surface area contributed by atoms with Gasteiger partial charge in [-0.1, -0.05) is 43.1 Å². The SMILES string of the molecule is CC(C)c1c(C(=O)N(C)Cc2ccc(Cl)nc2)cnn1-c1ccc(Cl)cc1. The van der Waals surface area contributed by atoms with Crippen molar-refractivity contribution in [2.24, 2.45) is 0 Å². The fourth-order valence-corrected chi connectivity index (χ4v) is 3.16. The molecular formula is C20H20Cl2N4O. The van der Waals surface area contributed by atoms with E-state index >= 15 is 0 Å². The average molecular weight is 403 g/mol. The summed E-state index contributed by atoms with van der Waals surface area (Å²) in [7, 11) is 1.76. The summed E-state index contributed by atoms with van der Waals surface area (Å²) >= 11 is 11.8. The van der Waals surface area contributed by atoms with Crippen molar-refractivity contribution in [2.45, 2.75) is 26.3 Å². The first-order chi connectivity index (χ1) is 12.9. The number of nitrogens with zero attached hydrogens (tertiary/aromatic N) is 4. The molecule has 0 radical (unpaired) electrons. The molecule has 0 bridgehead atoms. The molecule has 0 saturated carbocycles. The molecule has 0 atom stereocenters. The minimum absolute atomic E-state index is 0.0890. The summed E-state index contributed by atoms with van der Waals surface area (Å²) in [4.78, 5) is 18.8. The fraction of sp³-hybridized carbons (Fsp3) is 0.250. The lowest BCUT2D eigenvalue weighted by Gasteiger charge is -2.19. The fourth-order valence-electron chi connectivity index (χ4n) is 2.92. The van der Waals surface area contributed by atoms with E-state index in [0.717, 1.165) is 16.9 Å². The Bertz CT molecular complexity index is 934. The van der Waals surface area contributed by atoms with Gasteiger partial charge in [0.15, 0.2) is 0 Å². The molecular weight excluding hydrogens is 383 g/mol. The molecule has 0 aliphatic carbocycles. The molecule has 1 aromatic carbocycles. The van der Waals surface area contributed by atoms with Crippen LogP contribution < -0.4 is 0 Å². The van der Waals surface area contributed by atoms with Crippen LogP contribution in [0, 0.1) is 0 Å². The second-order valence-electron chi connectivity index (χ2n) is 6.64. The lowest BCUT2D eigenvalue weighted by Crippen LogP contribution is -2.27. The second-order valence-corrected chi connectivity index (χ2v) is 7.46. The predicted octanol–water partition coefficient (Wildman–Crippen LogP) is 4.97. The Kier molecular flexibility index (Phi) is 5.82. The van der Waals surface area contributed by atoms with Crippen LogP contribution in [0.2, 0.25) is 10.2 Å². The molecule has 0 fully saturated rings. The molecule has 2 heterocycles. The van der Waals surface area contributed by atoms with Crippen LogP contribution in [0.25, 0.3) is 5.69 Å². The zero-order chi connectivity index (χ0) is 19.6. The predicted molar refractivity (Wildman–Crippen MR) is 108 cm³/mol. The Balaban J connectivity index is 1.90. The largest absolute Gasteiger partial charge is 0.337 e. The molecule has 1 amide bonds. The van der Waals surface area contributed by atoms with Gasteiger partial charge in [0.25, 0.3) is 5.91 Å². The number of amides is 1. The molecule has 140 valence electrons. The van der Waals surface area contributed by atoms with Crippen LogP contribution in [-0.4, -0.2) is 32.6 Å². The van der Waals surface area contributed by atoms with E-state index in [-0.39, 0.29) is 11.8 Å². The van der Waals surface area contributed by atoms with Gasteiger partial charge in [-0.25, -0.2) is 9.67 Å². The number of hydrogen-bond acceptors (Lipinski definition) is 3. The number of benzene rings is 1. The van der Waals surface area contributed by atoms with E-state index in [1.165, 1.54) is 0 Å². The standard InChI is InChI=1S/C20H20Cl2N4O/c1-13(2)19-17(11-24-26(19)16-7-5-15(21)6-8-16)20(27)25(3)12-14-4-9-18(22)23-10-14/h4-11,13H,12H2,1-3H3. The van der Waals surface area contributed by atoms with E-state index in [1.807, 2.05) is 44.2 Å². The van der Waals surface area contributed by atoms with Crippen molar-refractivity contribution in [1.29, 1.82) is 0 Å². The smallest absolute Gasteiger partial charge is 0.257 e. The van der Waals surface area contributed by atoms with Crippen molar-refractivity contribution in [2.75, 3.05) is 7.05 Å². The summed E-state index contributed by atoms with van der Waals surface area (Å²) in [5.41, 5.74) is 3.23. The average Bonchev–Trinajstić information content (AvgIpc) is 3.09. The van der Waals surface area contributed by atoms with Crippen LogP contribution in [0.4, 0.5) is 0 Å². The number of rotatable bonds is 5. The third-order valence-electron chi connectivity index (χ3n) is 4.21. The Morgan fingerprint density at radius 3 is 2.41 bits per heavy atom. The summed E-state index contributed by atoms with van der Waals surface area (Å²) in [6.07, 6.45) is 3.30. The first kappa shape index (κ1) is 19.4. The summed E-state index contributed by atoms with van der Waals surface area (Å²) < 4.78 is 1.80. The third kappa shape index (κ3) is 4.31. The monoisotopic (exact) mass is 402 g/mol. The van der Waals surface area contributed by atoms with Crippen molar-refractivity contribution in [1.82, 2.24) is 19.7 Å². The van der Waals surface area contributed by atoms with Gasteiger partial charge < -0.3 is 4.90 Å². The highest BCUT2D eigenvalue weighted by molar-refractivity contribution is 6.30. The number of pyridine rings is 1. The van der Waals surface area contributed by atoms with Crippen molar-refractivity contribution >= 4 is 29.1 Å². The number of carbonyl (C=O) groups is 1. The highest BCUT2D eigenvalue weighted by atomic mass is 35.5. The molecule has 0 N–H and O–H groups in total. The van der Waals surface area contributed by atoms with Crippen molar-refractivity contribution in [3.8, 4) is 5.69 Å². The Morgan fingerprint density at radius 2 is 1.81 bits per heavy atom. The highest BCUT2D eigenvalue weighted by Gasteiger charge is 2.23. The molecule has 2 aromatic heterocycles. The van der Waals surface area contributed by atoms with Gasteiger partial charge in [0.1, 0.15) is 5.15 Å². The van der Waals surface area contributed by atoms with Crippen LogP contribution >= 0.6 is 23.2 Å². The second kappa shape index (κ2) is 8.11. The van der Waals surface area contributed by atoms with E-state index in [2.05, 4.69) is 10.1 Å². The molecule has 27 heavy (non-hydrogen) atoms. The van der Waals surface area contributed by atoms with Gasteiger partial charge >= 0.3 is 0 Å². The molecule has 3 aromatic rings. The first-order valence-corrected chi connectivity index (χ1v) is 9.32. The zero-order valence-electron chi connectivity index (χ0n) is 15.4. The lowest BCUT2D eigenvalue weighted by molar-refractivity contribution is 0.0783. The molecule has 0 unspecified atom stereocenters. The topological polar surface area (TPSA) is 51.0 Å². The highest BCUT2D eigenvalue weighted by Crippen LogP contribution is 2.25. The molecule has 5 nitrogen and oxygen atoms in total. The van der Waals surface area contributed by atoms with E-state index in [9.17, 15) is 4.79 Å². The van der Waals surface area contributed by atoms with Gasteiger partial charge in [-0.2, -0.15) is 5.10 Å².